The van der Waals surface area contributed by atoms with Crippen LogP contribution < -0.4 is 5.32 Å². The second-order valence-corrected chi connectivity index (χ2v) is 7.37. The molecular formula is C18H12IN3OS. The second-order valence-electron chi connectivity index (χ2n) is 5.18. The number of nitrogens with one attached hydrogen (secondary N) is 1. The van der Waals surface area contributed by atoms with Crippen molar-refractivity contribution < 1.29 is 4.79 Å². The number of imidazole rings is 1. The van der Waals surface area contributed by atoms with Crippen molar-refractivity contribution in [3.05, 3.63) is 75.3 Å². The molecule has 24 heavy (non-hydrogen) atoms. The van der Waals surface area contributed by atoms with E-state index >= 15 is 0 Å². The highest BCUT2D eigenvalue weighted by Crippen LogP contribution is 2.32. The van der Waals surface area contributed by atoms with Crippen molar-refractivity contribution in [1.29, 1.82) is 0 Å². The van der Waals surface area contributed by atoms with Gasteiger partial charge >= 0.3 is 0 Å². The number of hydrogen-bond acceptors (Lipinski definition) is 3. The number of hydrogen-bond donors (Lipinski definition) is 1. The zero-order valence-electron chi connectivity index (χ0n) is 12.4. The fraction of sp³-hybridized carbons (Fsp3) is 0. The summed E-state index contributed by atoms with van der Waals surface area (Å²) in [6.07, 6.45) is 1.91. The number of benzene rings is 1. The van der Waals surface area contributed by atoms with Gasteiger partial charge in [0.25, 0.3) is 5.91 Å². The number of rotatable bonds is 3. The molecule has 4 rings (SSSR count). The Morgan fingerprint density at radius 3 is 2.67 bits per heavy atom. The molecule has 3 heterocycles. The van der Waals surface area contributed by atoms with Gasteiger partial charge in [0.2, 0.25) is 0 Å². The van der Waals surface area contributed by atoms with Crippen molar-refractivity contribution in [3.63, 3.8) is 0 Å². The maximum Gasteiger partial charge on any atom is 0.256 e. The molecule has 118 valence electrons. The third kappa shape index (κ3) is 2.83. The zero-order valence-corrected chi connectivity index (χ0v) is 15.4. The van der Waals surface area contributed by atoms with E-state index in [1.165, 1.54) is 0 Å². The third-order valence-corrected chi connectivity index (χ3v) is 5.22. The fourth-order valence-corrected chi connectivity index (χ4v) is 3.56. The van der Waals surface area contributed by atoms with Gasteiger partial charge in [0.05, 0.1) is 4.88 Å². The standard InChI is InChI=1S/C18H12IN3OS/c19-13-8-6-12(7-9-13)18(23)21-17-16(14-4-3-11-24-14)20-15-5-1-2-10-22(15)17/h1-11H,(H,21,23). The lowest BCUT2D eigenvalue weighted by Crippen LogP contribution is -2.13. The minimum Gasteiger partial charge on any atom is -0.306 e. The number of halogens is 1. The van der Waals surface area contributed by atoms with Crippen LogP contribution in [0.15, 0.2) is 66.2 Å². The zero-order chi connectivity index (χ0) is 16.5. The Labute approximate surface area is 156 Å². The Morgan fingerprint density at radius 1 is 1.08 bits per heavy atom. The molecule has 0 unspecified atom stereocenters. The number of thiophene rings is 1. The van der Waals surface area contributed by atoms with E-state index in [-0.39, 0.29) is 5.91 Å². The van der Waals surface area contributed by atoms with E-state index < -0.39 is 0 Å². The van der Waals surface area contributed by atoms with Crippen molar-refractivity contribution in [1.82, 2.24) is 9.38 Å². The summed E-state index contributed by atoms with van der Waals surface area (Å²) < 4.78 is 3.00. The predicted octanol–water partition coefficient (Wildman–Crippen LogP) is 4.92. The first-order valence-corrected chi connectivity index (χ1v) is 9.26. The Kier molecular flexibility index (Phi) is 4.07. The number of fused-ring (bicyclic) bond motifs is 1. The highest BCUT2D eigenvalue weighted by atomic mass is 127. The van der Waals surface area contributed by atoms with Gasteiger partial charge in [-0.1, -0.05) is 12.1 Å². The van der Waals surface area contributed by atoms with Gasteiger partial charge in [-0.25, -0.2) is 4.98 Å². The minimum atomic E-state index is -0.144. The molecule has 4 nitrogen and oxygen atoms in total. The number of pyridine rings is 1. The van der Waals surface area contributed by atoms with E-state index in [9.17, 15) is 4.79 Å². The fourth-order valence-electron chi connectivity index (χ4n) is 2.48. The molecule has 0 saturated heterocycles. The second kappa shape index (κ2) is 6.37. The number of carbonyl (C=O) groups excluding carboxylic acids is 1. The van der Waals surface area contributed by atoms with Crippen molar-refractivity contribution in [2.24, 2.45) is 0 Å². The molecule has 0 aliphatic carbocycles. The van der Waals surface area contributed by atoms with Gasteiger partial charge in [-0.15, -0.1) is 11.3 Å². The molecule has 4 aromatic rings. The maximum atomic E-state index is 12.6. The maximum absolute atomic E-state index is 12.6. The Hall–Kier alpha value is -2.19. The predicted molar refractivity (Wildman–Crippen MR) is 106 cm³/mol. The lowest BCUT2D eigenvalue weighted by molar-refractivity contribution is 0.102. The SMILES string of the molecule is O=C(Nc1c(-c2cccs2)nc2ccccn12)c1ccc(I)cc1. The molecule has 6 heteroatoms. The van der Waals surface area contributed by atoms with E-state index in [1.807, 2.05) is 70.6 Å². The quantitative estimate of drug-likeness (QED) is 0.455. The van der Waals surface area contributed by atoms with Crippen LogP contribution in [0, 0.1) is 3.57 Å². The Morgan fingerprint density at radius 2 is 1.92 bits per heavy atom. The van der Waals surface area contributed by atoms with E-state index in [4.69, 9.17) is 0 Å². The van der Waals surface area contributed by atoms with Crippen LogP contribution in [0.3, 0.4) is 0 Å². The van der Waals surface area contributed by atoms with Gasteiger partial charge in [-0.2, -0.15) is 0 Å². The van der Waals surface area contributed by atoms with E-state index in [0.29, 0.717) is 11.4 Å². The lowest BCUT2D eigenvalue weighted by atomic mass is 10.2. The average molecular weight is 445 g/mol. The van der Waals surface area contributed by atoms with E-state index in [2.05, 4.69) is 32.9 Å². The summed E-state index contributed by atoms with van der Waals surface area (Å²) in [5.74, 6) is 0.548. The number of nitrogens with zero attached hydrogens (tertiary/aromatic N) is 2. The van der Waals surface area contributed by atoms with E-state index in [0.717, 1.165) is 19.8 Å². The van der Waals surface area contributed by atoms with Crippen LogP contribution in [-0.2, 0) is 0 Å². The normalized spacial score (nSPS) is 10.9. The largest absolute Gasteiger partial charge is 0.306 e. The molecule has 0 bridgehead atoms. The van der Waals surface area contributed by atoms with Crippen LogP contribution in [0.2, 0.25) is 0 Å². The van der Waals surface area contributed by atoms with Gasteiger partial charge < -0.3 is 5.32 Å². The summed E-state index contributed by atoms with van der Waals surface area (Å²) in [6.45, 7) is 0. The third-order valence-electron chi connectivity index (χ3n) is 3.62. The van der Waals surface area contributed by atoms with Gasteiger partial charge in [0.1, 0.15) is 17.2 Å². The van der Waals surface area contributed by atoms with Crippen LogP contribution in [0.5, 0.6) is 0 Å². The molecule has 0 saturated carbocycles. The molecule has 0 aliphatic rings. The highest BCUT2D eigenvalue weighted by Gasteiger charge is 2.17. The molecular weight excluding hydrogens is 433 g/mol. The number of carbonyl (C=O) groups is 1. The van der Waals surface area contributed by atoms with Gasteiger partial charge in [0, 0.05) is 15.3 Å². The van der Waals surface area contributed by atoms with Crippen LogP contribution in [-0.4, -0.2) is 15.3 Å². The molecule has 1 aromatic carbocycles. The van der Waals surface area contributed by atoms with Crippen molar-refractivity contribution in [2.75, 3.05) is 5.32 Å². The van der Waals surface area contributed by atoms with Gasteiger partial charge in [-0.05, 0) is 70.4 Å². The van der Waals surface area contributed by atoms with Gasteiger partial charge in [0.15, 0.2) is 0 Å². The Balaban J connectivity index is 1.79. The average Bonchev–Trinajstić information content (AvgIpc) is 3.23. The summed E-state index contributed by atoms with van der Waals surface area (Å²) in [4.78, 5) is 18.3. The molecule has 0 spiro atoms. The molecule has 1 amide bonds. The monoisotopic (exact) mass is 445 g/mol. The van der Waals surface area contributed by atoms with Crippen LogP contribution in [0.25, 0.3) is 16.2 Å². The van der Waals surface area contributed by atoms with Crippen LogP contribution in [0.4, 0.5) is 5.82 Å². The van der Waals surface area contributed by atoms with Gasteiger partial charge in [-0.3, -0.25) is 9.20 Å². The smallest absolute Gasteiger partial charge is 0.256 e. The molecule has 1 N–H and O–H groups in total. The number of amides is 1. The molecule has 3 aromatic heterocycles. The highest BCUT2D eigenvalue weighted by molar-refractivity contribution is 14.1. The van der Waals surface area contributed by atoms with Crippen molar-refractivity contribution in [2.45, 2.75) is 0 Å². The molecule has 0 radical (unpaired) electrons. The van der Waals surface area contributed by atoms with Crippen LogP contribution in [0.1, 0.15) is 10.4 Å². The minimum absolute atomic E-state index is 0.144. The first-order chi connectivity index (χ1) is 11.7. The van der Waals surface area contributed by atoms with Crippen molar-refractivity contribution in [3.8, 4) is 10.6 Å². The number of anilines is 1. The summed E-state index contributed by atoms with van der Waals surface area (Å²) in [7, 11) is 0. The summed E-state index contributed by atoms with van der Waals surface area (Å²) in [5, 5.41) is 5.03. The Bertz CT molecular complexity index is 1010. The molecule has 0 aliphatic heterocycles. The van der Waals surface area contributed by atoms with Crippen LogP contribution >= 0.6 is 33.9 Å². The summed E-state index contributed by atoms with van der Waals surface area (Å²) in [6, 6.07) is 17.3. The molecule has 0 fully saturated rings. The first kappa shape index (κ1) is 15.3. The summed E-state index contributed by atoms with van der Waals surface area (Å²) >= 11 is 3.82. The first-order valence-electron chi connectivity index (χ1n) is 7.30. The lowest BCUT2D eigenvalue weighted by Gasteiger charge is -2.07. The van der Waals surface area contributed by atoms with Crippen molar-refractivity contribution >= 4 is 51.3 Å². The molecule has 0 atom stereocenters. The number of aromatic nitrogens is 2. The topological polar surface area (TPSA) is 46.4 Å². The van der Waals surface area contributed by atoms with E-state index in [1.54, 1.807) is 11.3 Å². The summed E-state index contributed by atoms with van der Waals surface area (Å²) in [5.41, 5.74) is 2.22.